The summed E-state index contributed by atoms with van der Waals surface area (Å²) in [7, 11) is 1.64. The molecule has 1 N–H and O–H groups in total. The van der Waals surface area contributed by atoms with E-state index in [0.717, 1.165) is 11.1 Å². The van der Waals surface area contributed by atoms with Gasteiger partial charge in [-0.25, -0.2) is 9.78 Å². The lowest BCUT2D eigenvalue weighted by atomic mass is 10.1. The highest BCUT2D eigenvalue weighted by Gasteiger charge is 2.17. The van der Waals surface area contributed by atoms with Gasteiger partial charge in [0.2, 0.25) is 0 Å². The molecule has 0 saturated carbocycles. The molecular weight excluding hydrogens is 318 g/mol. The maximum atomic E-state index is 11.1. The molecule has 0 bridgehead atoms. The lowest BCUT2D eigenvalue weighted by molar-refractivity contribution is 0.0692. The van der Waals surface area contributed by atoms with Crippen LogP contribution < -0.4 is 0 Å². The molecular formula is C12H10BrNO3S. The third-order valence-corrected chi connectivity index (χ3v) is 3.89. The molecule has 2 rings (SSSR count). The summed E-state index contributed by atoms with van der Waals surface area (Å²) >= 11 is 4.52. The molecule has 0 saturated heterocycles. The van der Waals surface area contributed by atoms with Crippen LogP contribution in [0.15, 0.2) is 28.2 Å². The number of carboxylic acids is 1. The van der Waals surface area contributed by atoms with Gasteiger partial charge in [0.25, 0.3) is 0 Å². The molecule has 0 fully saturated rings. The molecule has 0 aliphatic carbocycles. The Balaban J connectivity index is 2.39. The van der Waals surface area contributed by atoms with Gasteiger partial charge in [0.1, 0.15) is 0 Å². The number of nitrogens with zero attached hydrogens (tertiary/aromatic N) is 1. The minimum Gasteiger partial charge on any atom is -0.476 e. The van der Waals surface area contributed by atoms with Gasteiger partial charge >= 0.3 is 5.97 Å². The first-order valence-electron chi connectivity index (χ1n) is 5.09. The van der Waals surface area contributed by atoms with E-state index in [9.17, 15) is 4.79 Å². The first kappa shape index (κ1) is 13.2. The van der Waals surface area contributed by atoms with Crippen LogP contribution >= 0.6 is 27.3 Å². The lowest BCUT2D eigenvalue weighted by Crippen LogP contribution is -1.98. The van der Waals surface area contributed by atoms with Crippen LogP contribution in [0.4, 0.5) is 0 Å². The molecule has 0 radical (unpaired) electrons. The predicted octanol–water partition coefficient (Wildman–Crippen LogP) is 3.42. The van der Waals surface area contributed by atoms with E-state index in [0.29, 0.717) is 15.4 Å². The van der Waals surface area contributed by atoms with Crippen molar-refractivity contribution < 1.29 is 14.6 Å². The highest BCUT2D eigenvalue weighted by atomic mass is 79.9. The molecule has 1 aromatic heterocycles. The molecule has 0 unspecified atom stereocenters. The van der Waals surface area contributed by atoms with Crippen molar-refractivity contribution in [3.05, 3.63) is 39.4 Å². The Morgan fingerprint density at radius 1 is 1.44 bits per heavy atom. The van der Waals surface area contributed by atoms with Crippen molar-refractivity contribution >= 4 is 33.2 Å². The van der Waals surface area contributed by atoms with Crippen LogP contribution in [-0.4, -0.2) is 23.2 Å². The van der Waals surface area contributed by atoms with Crippen molar-refractivity contribution in [2.24, 2.45) is 0 Å². The third kappa shape index (κ3) is 2.77. The molecule has 6 heteroatoms. The van der Waals surface area contributed by atoms with Crippen molar-refractivity contribution in [2.75, 3.05) is 7.11 Å². The number of carboxylic acid groups (broad SMARTS) is 1. The monoisotopic (exact) mass is 327 g/mol. The average molecular weight is 328 g/mol. The fourth-order valence-electron chi connectivity index (χ4n) is 1.55. The fourth-order valence-corrected chi connectivity index (χ4v) is 3.01. The molecule has 0 aliphatic heterocycles. The molecule has 1 aromatic carbocycles. The number of rotatable bonds is 4. The van der Waals surface area contributed by atoms with Gasteiger partial charge in [0.15, 0.2) is 9.61 Å². The van der Waals surface area contributed by atoms with Gasteiger partial charge in [-0.15, -0.1) is 11.3 Å². The quantitative estimate of drug-likeness (QED) is 0.934. The summed E-state index contributed by atoms with van der Waals surface area (Å²) in [5.74, 6) is -1.02. The highest BCUT2D eigenvalue weighted by molar-refractivity contribution is 9.11. The zero-order chi connectivity index (χ0) is 13.1. The number of benzene rings is 1. The number of halogens is 1. The first-order chi connectivity index (χ1) is 8.61. The molecule has 4 nitrogen and oxygen atoms in total. The van der Waals surface area contributed by atoms with E-state index in [2.05, 4.69) is 20.9 Å². The van der Waals surface area contributed by atoms with Crippen LogP contribution in [0, 0.1) is 0 Å². The number of methoxy groups -OCH3 is 1. The topological polar surface area (TPSA) is 59.4 Å². The zero-order valence-corrected chi connectivity index (χ0v) is 11.9. The number of hydrogen-bond acceptors (Lipinski definition) is 4. The van der Waals surface area contributed by atoms with E-state index >= 15 is 0 Å². The summed E-state index contributed by atoms with van der Waals surface area (Å²) in [6.45, 7) is 0.540. The summed E-state index contributed by atoms with van der Waals surface area (Å²) in [4.78, 5) is 15.7. The van der Waals surface area contributed by atoms with Gasteiger partial charge < -0.3 is 9.84 Å². The van der Waals surface area contributed by atoms with E-state index in [1.54, 1.807) is 7.11 Å². The van der Waals surface area contributed by atoms with Crippen LogP contribution in [0.3, 0.4) is 0 Å². The fraction of sp³-hybridized carbons (Fsp3) is 0.167. The average Bonchev–Trinajstić information content (AvgIpc) is 2.73. The molecule has 94 valence electrons. The van der Waals surface area contributed by atoms with Crippen LogP contribution in [0.2, 0.25) is 0 Å². The van der Waals surface area contributed by atoms with Crippen molar-refractivity contribution in [3.8, 4) is 10.4 Å². The number of aromatic carboxylic acids is 1. The Labute approximate surface area is 116 Å². The Kier molecular flexibility index (Phi) is 4.11. The normalized spacial score (nSPS) is 10.6. The van der Waals surface area contributed by atoms with E-state index < -0.39 is 5.97 Å². The molecule has 1 heterocycles. The molecule has 18 heavy (non-hydrogen) atoms. The van der Waals surface area contributed by atoms with Crippen LogP contribution in [0.5, 0.6) is 0 Å². The van der Waals surface area contributed by atoms with Crippen molar-refractivity contribution in [1.82, 2.24) is 4.98 Å². The first-order valence-corrected chi connectivity index (χ1v) is 6.70. The number of ether oxygens (including phenoxy) is 1. The van der Waals surface area contributed by atoms with Crippen LogP contribution in [-0.2, 0) is 11.3 Å². The van der Waals surface area contributed by atoms with Gasteiger partial charge in [-0.1, -0.05) is 24.3 Å². The second kappa shape index (κ2) is 5.60. The Morgan fingerprint density at radius 3 is 2.67 bits per heavy atom. The van der Waals surface area contributed by atoms with Gasteiger partial charge in [-0.3, -0.25) is 0 Å². The van der Waals surface area contributed by atoms with E-state index in [1.807, 2.05) is 24.3 Å². The van der Waals surface area contributed by atoms with E-state index in [-0.39, 0.29) is 5.69 Å². The number of hydrogen-bond donors (Lipinski definition) is 1. The van der Waals surface area contributed by atoms with Gasteiger partial charge in [-0.05, 0) is 27.1 Å². The van der Waals surface area contributed by atoms with Gasteiger partial charge in [-0.2, -0.15) is 0 Å². The summed E-state index contributed by atoms with van der Waals surface area (Å²) in [6.07, 6.45) is 0. The number of aromatic nitrogens is 1. The summed E-state index contributed by atoms with van der Waals surface area (Å²) in [5, 5.41) is 9.08. The zero-order valence-electron chi connectivity index (χ0n) is 9.51. The van der Waals surface area contributed by atoms with Crippen molar-refractivity contribution in [2.45, 2.75) is 6.61 Å². The minimum atomic E-state index is -1.02. The van der Waals surface area contributed by atoms with Crippen molar-refractivity contribution in [1.29, 1.82) is 0 Å². The molecule has 2 aromatic rings. The maximum absolute atomic E-state index is 11.1. The summed E-state index contributed by atoms with van der Waals surface area (Å²) in [6, 6.07) is 7.58. The second-order valence-corrected chi connectivity index (χ2v) is 5.85. The minimum absolute atomic E-state index is 0.0753. The van der Waals surface area contributed by atoms with Gasteiger partial charge in [0, 0.05) is 7.11 Å². The molecule has 0 atom stereocenters. The standard InChI is InChI=1S/C12H10BrNO3S/c1-17-6-7-2-4-8(5-3-7)10-9(11(15)16)14-12(13)18-10/h2-5H,6H2,1H3,(H,15,16). The summed E-state index contributed by atoms with van der Waals surface area (Å²) < 4.78 is 5.59. The number of carbonyl (C=O) groups is 1. The highest BCUT2D eigenvalue weighted by Crippen LogP contribution is 2.33. The lowest BCUT2D eigenvalue weighted by Gasteiger charge is -2.02. The smallest absolute Gasteiger partial charge is 0.356 e. The maximum Gasteiger partial charge on any atom is 0.356 e. The van der Waals surface area contributed by atoms with E-state index in [4.69, 9.17) is 9.84 Å². The van der Waals surface area contributed by atoms with Crippen LogP contribution in [0.25, 0.3) is 10.4 Å². The van der Waals surface area contributed by atoms with Crippen molar-refractivity contribution in [3.63, 3.8) is 0 Å². The van der Waals surface area contributed by atoms with E-state index in [1.165, 1.54) is 11.3 Å². The Morgan fingerprint density at radius 2 is 2.11 bits per heavy atom. The largest absolute Gasteiger partial charge is 0.476 e. The van der Waals surface area contributed by atoms with Crippen LogP contribution in [0.1, 0.15) is 16.1 Å². The predicted molar refractivity (Wildman–Crippen MR) is 72.9 cm³/mol. The third-order valence-electron chi connectivity index (χ3n) is 2.33. The Hall–Kier alpha value is -1.24. The molecule has 0 amide bonds. The summed E-state index contributed by atoms with van der Waals surface area (Å²) in [5.41, 5.74) is 1.96. The number of thiazole rings is 1. The second-order valence-electron chi connectivity index (χ2n) is 3.58. The SMILES string of the molecule is COCc1ccc(-c2sc(Br)nc2C(=O)O)cc1. The molecule has 0 aliphatic rings. The van der Waals surface area contributed by atoms with Gasteiger partial charge in [0.05, 0.1) is 11.5 Å². The Bertz CT molecular complexity index is 565. The molecule has 0 spiro atoms.